The Labute approximate surface area is 126 Å². The summed E-state index contributed by atoms with van der Waals surface area (Å²) >= 11 is 0. The van der Waals surface area contributed by atoms with Crippen molar-refractivity contribution in [3.05, 3.63) is 29.6 Å². The minimum Gasteiger partial charge on any atom is -0.371 e. The largest absolute Gasteiger partial charge is 0.371 e. The Morgan fingerprint density at radius 3 is 2.95 bits per heavy atom. The number of halogens is 1. The smallest absolute Gasteiger partial charge is 0.123 e. The number of nitrogens with zero attached hydrogens (tertiary/aromatic N) is 2. The molecule has 2 heterocycles. The first-order valence-corrected chi connectivity index (χ1v) is 8.12. The summed E-state index contributed by atoms with van der Waals surface area (Å²) in [6.07, 6.45) is 4.57. The van der Waals surface area contributed by atoms with Crippen molar-refractivity contribution in [3.8, 4) is 0 Å². The molecule has 2 saturated heterocycles. The van der Waals surface area contributed by atoms with Crippen molar-refractivity contribution in [3.63, 3.8) is 0 Å². The summed E-state index contributed by atoms with van der Waals surface area (Å²) in [6.45, 7) is 3.96. The van der Waals surface area contributed by atoms with Gasteiger partial charge in [-0.3, -0.25) is 0 Å². The number of anilines is 1. The van der Waals surface area contributed by atoms with Crippen LogP contribution in [0.1, 0.15) is 24.8 Å². The van der Waals surface area contributed by atoms with E-state index in [9.17, 15) is 4.39 Å². The van der Waals surface area contributed by atoms with Gasteiger partial charge in [0.25, 0.3) is 0 Å². The van der Waals surface area contributed by atoms with Gasteiger partial charge in [0.2, 0.25) is 0 Å². The van der Waals surface area contributed by atoms with Gasteiger partial charge in [0.1, 0.15) is 5.82 Å². The van der Waals surface area contributed by atoms with Crippen LogP contribution >= 0.6 is 0 Å². The predicted octanol–water partition coefficient (Wildman–Crippen LogP) is 2.25. The molecule has 4 heteroatoms. The fourth-order valence-electron chi connectivity index (χ4n) is 4.09. The van der Waals surface area contributed by atoms with Gasteiger partial charge >= 0.3 is 0 Å². The van der Waals surface area contributed by atoms with E-state index in [0.29, 0.717) is 6.54 Å². The molecule has 2 unspecified atom stereocenters. The van der Waals surface area contributed by atoms with Crippen molar-refractivity contribution in [1.82, 2.24) is 4.90 Å². The molecule has 2 atom stereocenters. The zero-order valence-electron chi connectivity index (χ0n) is 12.9. The van der Waals surface area contributed by atoms with Crippen molar-refractivity contribution in [1.29, 1.82) is 0 Å². The average Bonchev–Trinajstić information content (AvgIpc) is 2.48. The Balaban J connectivity index is 1.79. The van der Waals surface area contributed by atoms with Crippen LogP contribution in [0, 0.1) is 11.7 Å². The van der Waals surface area contributed by atoms with Crippen LogP contribution in [-0.2, 0) is 6.42 Å². The van der Waals surface area contributed by atoms with Crippen LogP contribution < -0.4 is 10.6 Å². The van der Waals surface area contributed by atoms with Crippen molar-refractivity contribution in [2.75, 3.05) is 38.1 Å². The highest BCUT2D eigenvalue weighted by molar-refractivity contribution is 5.54. The number of likely N-dealkylation sites (tertiary alicyclic amines) is 1. The first-order chi connectivity index (χ1) is 10.2. The van der Waals surface area contributed by atoms with E-state index in [4.69, 9.17) is 5.73 Å². The first kappa shape index (κ1) is 14.8. The molecule has 1 aromatic rings. The Bertz CT molecular complexity index is 491. The Hall–Kier alpha value is -1.13. The maximum atomic E-state index is 13.5. The molecule has 21 heavy (non-hydrogen) atoms. The fraction of sp³-hybridized carbons (Fsp3) is 0.647. The number of fused-ring (bicyclic) bond motifs is 1. The topological polar surface area (TPSA) is 32.5 Å². The van der Waals surface area contributed by atoms with Gasteiger partial charge < -0.3 is 15.5 Å². The molecule has 0 radical (unpaired) electrons. The van der Waals surface area contributed by atoms with E-state index in [1.807, 2.05) is 6.07 Å². The van der Waals surface area contributed by atoms with Gasteiger partial charge in [-0.1, -0.05) is 0 Å². The summed E-state index contributed by atoms with van der Waals surface area (Å²) in [5.41, 5.74) is 7.93. The van der Waals surface area contributed by atoms with Crippen LogP contribution in [-0.4, -0.2) is 44.2 Å². The van der Waals surface area contributed by atoms with Crippen molar-refractivity contribution in [2.45, 2.75) is 31.7 Å². The maximum Gasteiger partial charge on any atom is 0.123 e. The minimum atomic E-state index is -0.158. The van der Waals surface area contributed by atoms with E-state index in [1.54, 1.807) is 12.1 Å². The number of nitrogens with two attached hydrogens (primary N) is 1. The monoisotopic (exact) mass is 291 g/mol. The van der Waals surface area contributed by atoms with Gasteiger partial charge in [-0.25, -0.2) is 4.39 Å². The highest BCUT2D eigenvalue weighted by atomic mass is 19.1. The molecule has 3 nitrogen and oxygen atoms in total. The van der Waals surface area contributed by atoms with E-state index < -0.39 is 0 Å². The molecule has 2 N–H and O–H groups in total. The van der Waals surface area contributed by atoms with Gasteiger partial charge in [-0.15, -0.1) is 0 Å². The number of hydrogen-bond acceptors (Lipinski definition) is 3. The summed E-state index contributed by atoms with van der Waals surface area (Å²) in [5.74, 6) is 0.586. The Kier molecular flexibility index (Phi) is 4.45. The molecule has 3 rings (SSSR count). The normalized spacial score (nSPS) is 26.7. The van der Waals surface area contributed by atoms with E-state index >= 15 is 0 Å². The van der Waals surface area contributed by atoms with Gasteiger partial charge in [-0.2, -0.15) is 0 Å². The third kappa shape index (κ3) is 3.06. The quantitative estimate of drug-likeness (QED) is 0.927. The molecule has 2 aliphatic rings. The summed E-state index contributed by atoms with van der Waals surface area (Å²) < 4.78 is 13.5. The van der Waals surface area contributed by atoms with Crippen molar-refractivity contribution >= 4 is 5.69 Å². The Morgan fingerprint density at radius 1 is 1.29 bits per heavy atom. The highest BCUT2D eigenvalue weighted by Crippen LogP contribution is 2.33. The second kappa shape index (κ2) is 6.32. The van der Waals surface area contributed by atoms with Crippen LogP contribution in [0.3, 0.4) is 0 Å². The number of benzene rings is 1. The summed E-state index contributed by atoms with van der Waals surface area (Å²) in [7, 11) is 2.25. The molecule has 0 aromatic heterocycles. The standard InChI is InChI=1S/C17H26FN3/c1-20-9-2-3-14-12-21(10-7-16(14)20)17-5-4-15(18)11-13(17)6-8-19/h4-5,11,14,16H,2-3,6-10,12,19H2,1H3. The molecule has 1 aromatic carbocycles. The van der Waals surface area contributed by atoms with Crippen molar-refractivity contribution < 1.29 is 4.39 Å². The lowest BCUT2D eigenvalue weighted by Crippen LogP contribution is -2.52. The van der Waals surface area contributed by atoms with Crippen LogP contribution in [0.15, 0.2) is 18.2 Å². The summed E-state index contributed by atoms with van der Waals surface area (Å²) in [5, 5.41) is 0. The average molecular weight is 291 g/mol. The molecule has 0 amide bonds. The van der Waals surface area contributed by atoms with Crippen LogP contribution in [0.5, 0.6) is 0 Å². The lowest BCUT2D eigenvalue weighted by Gasteiger charge is -2.47. The van der Waals surface area contributed by atoms with Gasteiger partial charge in [0.15, 0.2) is 0 Å². The SMILES string of the molecule is CN1CCCC2CN(c3ccc(F)cc3CCN)CCC21. The molecule has 0 aliphatic carbocycles. The lowest BCUT2D eigenvalue weighted by atomic mass is 9.84. The molecule has 0 spiro atoms. The zero-order valence-corrected chi connectivity index (χ0v) is 12.9. The summed E-state index contributed by atoms with van der Waals surface area (Å²) in [6, 6.07) is 5.90. The lowest BCUT2D eigenvalue weighted by molar-refractivity contribution is 0.102. The number of piperidine rings is 2. The molecular formula is C17H26FN3. The maximum absolute atomic E-state index is 13.5. The summed E-state index contributed by atoms with van der Waals surface area (Å²) in [4.78, 5) is 4.97. The molecular weight excluding hydrogens is 265 g/mol. The third-order valence-electron chi connectivity index (χ3n) is 5.14. The van der Waals surface area contributed by atoms with Gasteiger partial charge in [-0.05, 0) is 75.5 Å². The van der Waals surface area contributed by atoms with Crippen molar-refractivity contribution in [2.24, 2.45) is 11.7 Å². The van der Waals surface area contributed by atoms with E-state index in [2.05, 4.69) is 16.8 Å². The molecule has 2 fully saturated rings. The predicted molar refractivity (Wildman–Crippen MR) is 85.1 cm³/mol. The van der Waals surface area contributed by atoms with Gasteiger partial charge in [0.05, 0.1) is 0 Å². The second-order valence-electron chi connectivity index (χ2n) is 6.50. The molecule has 0 bridgehead atoms. The minimum absolute atomic E-state index is 0.158. The van der Waals surface area contributed by atoms with Gasteiger partial charge in [0, 0.05) is 24.8 Å². The van der Waals surface area contributed by atoms with E-state index in [0.717, 1.165) is 37.0 Å². The first-order valence-electron chi connectivity index (χ1n) is 8.12. The fourth-order valence-corrected chi connectivity index (χ4v) is 4.09. The third-order valence-corrected chi connectivity index (χ3v) is 5.14. The van der Waals surface area contributed by atoms with E-state index in [-0.39, 0.29) is 5.82 Å². The molecule has 2 aliphatic heterocycles. The van der Waals surface area contributed by atoms with E-state index in [1.165, 1.54) is 31.5 Å². The Morgan fingerprint density at radius 2 is 2.14 bits per heavy atom. The molecule has 0 saturated carbocycles. The second-order valence-corrected chi connectivity index (χ2v) is 6.50. The van der Waals surface area contributed by atoms with Crippen LogP contribution in [0.25, 0.3) is 0 Å². The molecule has 116 valence electrons. The van der Waals surface area contributed by atoms with Crippen LogP contribution in [0.2, 0.25) is 0 Å². The number of rotatable bonds is 3. The van der Waals surface area contributed by atoms with Crippen LogP contribution in [0.4, 0.5) is 10.1 Å². The number of hydrogen-bond donors (Lipinski definition) is 1. The highest BCUT2D eigenvalue weighted by Gasteiger charge is 2.34. The zero-order chi connectivity index (χ0) is 14.8.